The molecule has 0 unspecified atom stereocenters. The second-order valence-electron chi connectivity index (χ2n) is 8.91. The van der Waals surface area contributed by atoms with Crippen LogP contribution >= 0.6 is 0 Å². The molecule has 0 spiro atoms. The van der Waals surface area contributed by atoms with Gasteiger partial charge in [-0.1, -0.05) is 19.1 Å². The number of hydrogen-bond donors (Lipinski definition) is 3. The van der Waals surface area contributed by atoms with E-state index < -0.39 is 11.5 Å². The van der Waals surface area contributed by atoms with Gasteiger partial charge in [0.2, 0.25) is 5.95 Å². The van der Waals surface area contributed by atoms with Crippen LogP contribution in [0.25, 0.3) is 16.9 Å². The van der Waals surface area contributed by atoms with Gasteiger partial charge in [-0.05, 0) is 49.1 Å². The van der Waals surface area contributed by atoms with Gasteiger partial charge in [0.15, 0.2) is 11.6 Å². The molecule has 5 rings (SSSR count). The molecule has 36 heavy (non-hydrogen) atoms. The third kappa shape index (κ3) is 5.24. The molecule has 0 aliphatic carbocycles. The molecule has 4 aromatic rings. The lowest BCUT2D eigenvalue weighted by atomic mass is 10.1. The molecule has 10 heteroatoms. The smallest absolute Gasteiger partial charge is 0.332 e. The first-order valence-electron chi connectivity index (χ1n) is 12.2. The van der Waals surface area contributed by atoms with Crippen molar-refractivity contribution in [1.29, 1.82) is 0 Å². The van der Waals surface area contributed by atoms with Crippen LogP contribution in [0.1, 0.15) is 25.3 Å². The second kappa shape index (κ2) is 10.5. The normalized spacial score (nSPS) is 14.9. The Morgan fingerprint density at radius 3 is 2.83 bits per heavy atom. The molecule has 1 aliphatic rings. The SMILES string of the molecule is CCc1cc(Nc2ncc(F)c(-n3c(=O)[nH]c4ccccc43)n2)cc(OCCN2CCC(O)CC2)c1. The van der Waals surface area contributed by atoms with Gasteiger partial charge in [0.05, 0.1) is 23.3 Å². The molecule has 0 atom stereocenters. The molecule has 2 aromatic carbocycles. The van der Waals surface area contributed by atoms with Crippen molar-refractivity contribution >= 4 is 22.7 Å². The quantitative estimate of drug-likeness (QED) is 0.346. The fraction of sp³-hybridized carbons (Fsp3) is 0.346. The largest absolute Gasteiger partial charge is 0.492 e. The molecule has 1 fully saturated rings. The van der Waals surface area contributed by atoms with E-state index in [9.17, 15) is 14.3 Å². The van der Waals surface area contributed by atoms with Crippen LogP contribution in [0.5, 0.6) is 5.75 Å². The fourth-order valence-electron chi connectivity index (χ4n) is 4.43. The number of fused-ring (bicyclic) bond motifs is 1. The third-order valence-electron chi connectivity index (χ3n) is 6.39. The number of piperidine rings is 1. The summed E-state index contributed by atoms with van der Waals surface area (Å²) >= 11 is 0. The standard InChI is InChI=1S/C26H29FN6O3/c1-2-17-13-18(15-20(14-17)36-12-11-32-9-7-19(34)8-10-32)29-25-28-16-21(27)24(31-25)33-23-6-4-3-5-22(23)30-26(33)35/h3-6,13-16,19,34H,2,7-12H2,1H3,(H,30,35)(H,28,29,31). The number of anilines is 2. The summed E-state index contributed by atoms with van der Waals surface area (Å²) in [5.41, 5.74) is 2.40. The minimum absolute atomic E-state index is 0.135. The summed E-state index contributed by atoms with van der Waals surface area (Å²) in [7, 11) is 0. The maximum atomic E-state index is 14.7. The van der Waals surface area contributed by atoms with E-state index in [1.54, 1.807) is 24.3 Å². The number of ether oxygens (including phenoxy) is 1. The molecular formula is C26H29FN6O3. The highest BCUT2D eigenvalue weighted by molar-refractivity contribution is 5.76. The van der Waals surface area contributed by atoms with Gasteiger partial charge in [-0.25, -0.2) is 18.7 Å². The van der Waals surface area contributed by atoms with E-state index >= 15 is 0 Å². The summed E-state index contributed by atoms with van der Waals surface area (Å²) in [6.45, 7) is 5.11. The number of aliphatic hydroxyl groups is 1. The Morgan fingerprint density at radius 2 is 2.03 bits per heavy atom. The molecular weight excluding hydrogens is 463 g/mol. The molecule has 0 saturated carbocycles. The summed E-state index contributed by atoms with van der Waals surface area (Å²) in [6, 6.07) is 12.8. The monoisotopic (exact) mass is 492 g/mol. The number of aromatic amines is 1. The van der Waals surface area contributed by atoms with Crippen LogP contribution in [0.4, 0.5) is 16.0 Å². The molecule has 0 radical (unpaired) electrons. The average Bonchev–Trinajstić information content (AvgIpc) is 3.21. The van der Waals surface area contributed by atoms with Crippen LogP contribution in [0, 0.1) is 5.82 Å². The van der Waals surface area contributed by atoms with E-state index in [4.69, 9.17) is 4.74 Å². The van der Waals surface area contributed by atoms with Crippen molar-refractivity contribution in [2.45, 2.75) is 32.3 Å². The minimum Gasteiger partial charge on any atom is -0.492 e. The van der Waals surface area contributed by atoms with Gasteiger partial charge in [-0.3, -0.25) is 4.90 Å². The van der Waals surface area contributed by atoms with E-state index in [0.717, 1.165) is 50.7 Å². The zero-order valence-electron chi connectivity index (χ0n) is 20.1. The van der Waals surface area contributed by atoms with Gasteiger partial charge < -0.3 is 20.1 Å². The van der Waals surface area contributed by atoms with Gasteiger partial charge >= 0.3 is 5.69 Å². The summed E-state index contributed by atoms with van der Waals surface area (Å²) in [5, 5.41) is 12.8. The Labute approximate surface area is 207 Å². The number of H-pyrrole nitrogens is 1. The van der Waals surface area contributed by atoms with E-state index in [0.29, 0.717) is 29.1 Å². The van der Waals surface area contributed by atoms with E-state index in [1.807, 2.05) is 18.2 Å². The maximum Gasteiger partial charge on any atom is 0.332 e. The van der Waals surface area contributed by atoms with Crippen LogP contribution in [-0.2, 0) is 6.42 Å². The van der Waals surface area contributed by atoms with Crippen molar-refractivity contribution in [2.75, 3.05) is 31.6 Å². The Bertz CT molecular complexity index is 1410. The van der Waals surface area contributed by atoms with Crippen molar-refractivity contribution < 1.29 is 14.2 Å². The van der Waals surface area contributed by atoms with Gasteiger partial charge in [-0.15, -0.1) is 0 Å². The maximum absolute atomic E-state index is 14.7. The zero-order chi connectivity index (χ0) is 25.1. The highest BCUT2D eigenvalue weighted by atomic mass is 19.1. The van der Waals surface area contributed by atoms with Gasteiger partial charge in [-0.2, -0.15) is 4.98 Å². The highest BCUT2D eigenvalue weighted by Gasteiger charge is 2.17. The van der Waals surface area contributed by atoms with Crippen LogP contribution in [0.3, 0.4) is 0 Å². The molecule has 1 saturated heterocycles. The molecule has 0 bridgehead atoms. The van der Waals surface area contributed by atoms with Crippen molar-refractivity contribution in [2.24, 2.45) is 0 Å². The van der Waals surface area contributed by atoms with Crippen LogP contribution in [0.15, 0.2) is 53.5 Å². The summed E-state index contributed by atoms with van der Waals surface area (Å²) < 4.78 is 21.9. The van der Waals surface area contributed by atoms with Crippen molar-refractivity contribution in [1.82, 2.24) is 24.4 Å². The first kappa shape index (κ1) is 24.0. The van der Waals surface area contributed by atoms with Crippen molar-refractivity contribution in [3.8, 4) is 11.6 Å². The van der Waals surface area contributed by atoms with Crippen LogP contribution in [-0.4, -0.2) is 61.9 Å². The molecule has 3 heterocycles. The first-order valence-corrected chi connectivity index (χ1v) is 12.2. The fourth-order valence-corrected chi connectivity index (χ4v) is 4.43. The second-order valence-corrected chi connectivity index (χ2v) is 8.91. The Hall–Kier alpha value is -3.76. The highest BCUT2D eigenvalue weighted by Crippen LogP contribution is 2.25. The number of nitrogens with zero attached hydrogens (tertiary/aromatic N) is 4. The molecule has 3 N–H and O–H groups in total. The van der Waals surface area contributed by atoms with E-state index in [2.05, 4.69) is 32.1 Å². The van der Waals surface area contributed by atoms with E-state index in [1.165, 1.54) is 4.57 Å². The topological polar surface area (TPSA) is 108 Å². The molecule has 1 aliphatic heterocycles. The first-order chi connectivity index (χ1) is 17.5. The van der Waals surface area contributed by atoms with Gasteiger partial charge in [0.25, 0.3) is 0 Å². The molecule has 9 nitrogen and oxygen atoms in total. The number of likely N-dealkylation sites (tertiary alicyclic amines) is 1. The van der Waals surface area contributed by atoms with E-state index in [-0.39, 0.29) is 17.9 Å². The van der Waals surface area contributed by atoms with Gasteiger partial charge in [0, 0.05) is 31.4 Å². The number of aryl methyl sites for hydroxylation is 1. The Morgan fingerprint density at radius 1 is 1.22 bits per heavy atom. The predicted octanol–water partition coefficient (Wildman–Crippen LogP) is 3.39. The molecule has 188 valence electrons. The Kier molecular flexibility index (Phi) is 6.97. The Balaban J connectivity index is 1.35. The van der Waals surface area contributed by atoms with Crippen LogP contribution < -0.4 is 15.7 Å². The number of hydrogen-bond acceptors (Lipinski definition) is 7. The number of halogens is 1. The number of aromatic nitrogens is 4. The molecule has 0 amide bonds. The van der Waals surface area contributed by atoms with Crippen molar-refractivity contribution in [3.63, 3.8) is 0 Å². The number of aliphatic hydroxyl groups excluding tert-OH is 1. The lowest BCUT2D eigenvalue weighted by molar-refractivity contribution is 0.0755. The minimum atomic E-state index is -0.705. The lowest BCUT2D eigenvalue weighted by Crippen LogP contribution is -2.38. The van der Waals surface area contributed by atoms with Crippen molar-refractivity contribution in [3.05, 3.63) is 70.5 Å². The summed E-state index contributed by atoms with van der Waals surface area (Å²) in [6.07, 6.45) is 3.25. The van der Waals surface area contributed by atoms with Gasteiger partial charge in [0.1, 0.15) is 12.4 Å². The number of imidazole rings is 1. The number of rotatable bonds is 8. The predicted molar refractivity (Wildman–Crippen MR) is 136 cm³/mol. The number of nitrogens with one attached hydrogen (secondary N) is 2. The average molecular weight is 493 g/mol. The van der Waals surface area contributed by atoms with Crippen LogP contribution in [0.2, 0.25) is 0 Å². The number of para-hydroxylation sites is 2. The molecule has 2 aromatic heterocycles. The number of benzene rings is 2. The summed E-state index contributed by atoms with van der Waals surface area (Å²) in [5.74, 6) is 0.0346. The lowest BCUT2D eigenvalue weighted by Gasteiger charge is -2.29. The third-order valence-corrected chi connectivity index (χ3v) is 6.39. The zero-order valence-corrected chi connectivity index (χ0v) is 20.1. The summed E-state index contributed by atoms with van der Waals surface area (Å²) in [4.78, 5) is 25.9.